The Hall–Kier alpha value is -0.120. The minimum atomic E-state index is 0.143. The fourth-order valence-corrected chi connectivity index (χ4v) is 2.58. The standard InChI is InChI=1S/C13H27NO2/c1-3-16-12(2)9-14-10-13(11-15)7-5-4-6-8-13/h12,14-15H,3-11H2,1-2H3. The largest absolute Gasteiger partial charge is 0.396 e. The molecule has 0 aromatic heterocycles. The van der Waals surface area contributed by atoms with Crippen LogP contribution in [-0.4, -0.2) is 37.5 Å². The van der Waals surface area contributed by atoms with E-state index in [0.29, 0.717) is 6.61 Å². The van der Waals surface area contributed by atoms with Crippen LogP contribution in [0.15, 0.2) is 0 Å². The molecule has 3 heteroatoms. The van der Waals surface area contributed by atoms with E-state index in [1.165, 1.54) is 32.1 Å². The molecule has 1 rings (SSSR count). The summed E-state index contributed by atoms with van der Waals surface area (Å²) in [6.45, 7) is 7.02. The van der Waals surface area contributed by atoms with Gasteiger partial charge >= 0.3 is 0 Å². The fourth-order valence-electron chi connectivity index (χ4n) is 2.58. The Bertz CT molecular complexity index is 179. The molecule has 1 fully saturated rings. The first-order chi connectivity index (χ1) is 7.72. The van der Waals surface area contributed by atoms with Crippen molar-refractivity contribution in [2.24, 2.45) is 5.41 Å². The van der Waals surface area contributed by atoms with Crippen molar-refractivity contribution in [3.8, 4) is 0 Å². The first kappa shape index (κ1) is 13.9. The Morgan fingerprint density at radius 2 is 2.00 bits per heavy atom. The summed E-state index contributed by atoms with van der Waals surface area (Å²) >= 11 is 0. The average molecular weight is 229 g/mol. The summed E-state index contributed by atoms with van der Waals surface area (Å²) in [5, 5.41) is 13.0. The highest BCUT2D eigenvalue weighted by Crippen LogP contribution is 2.35. The fraction of sp³-hybridized carbons (Fsp3) is 1.00. The van der Waals surface area contributed by atoms with Crippen LogP contribution in [-0.2, 0) is 4.74 Å². The average Bonchev–Trinajstić information content (AvgIpc) is 2.31. The van der Waals surface area contributed by atoms with Gasteiger partial charge in [-0.3, -0.25) is 0 Å². The molecule has 2 N–H and O–H groups in total. The van der Waals surface area contributed by atoms with Crippen molar-refractivity contribution in [2.75, 3.05) is 26.3 Å². The molecule has 1 aliphatic rings. The molecule has 0 radical (unpaired) electrons. The van der Waals surface area contributed by atoms with E-state index in [-0.39, 0.29) is 11.5 Å². The third-order valence-corrected chi connectivity index (χ3v) is 3.63. The highest BCUT2D eigenvalue weighted by Gasteiger charge is 2.30. The van der Waals surface area contributed by atoms with Crippen molar-refractivity contribution in [2.45, 2.75) is 52.1 Å². The molecule has 0 saturated heterocycles. The normalized spacial score (nSPS) is 21.9. The maximum atomic E-state index is 9.54. The molecule has 0 heterocycles. The number of hydrogen-bond acceptors (Lipinski definition) is 3. The molecule has 0 aromatic carbocycles. The lowest BCUT2D eigenvalue weighted by Gasteiger charge is -2.36. The van der Waals surface area contributed by atoms with Gasteiger partial charge in [-0.25, -0.2) is 0 Å². The van der Waals surface area contributed by atoms with Crippen molar-refractivity contribution in [1.29, 1.82) is 0 Å². The van der Waals surface area contributed by atoms with Crippen molar-refractivity contribution >= 4 is 0 Å². The SMILES string of the molecule is CCOC(C)CNCC1(CO)CCCCC1. The molecule has 96 valence electrons. The Balaban J connectivity index is 2.22. The van der Waals surface area contributed by atoms with E-state index in [4.69, 9.17) is 4.74 Å². The van der Waals surface area contributed by atoms with E-state index in [2.05, 4.69) is 12.2 Å². The zero-order chi connectivity index (χ0) is 11.9. The topological polar surface area (TPSA) is 41.5 Å². The molecule has 3 nitrogen and oxygen atoms in total. The quantitative estimate of drug-likeness (QED) is 0.701. The molecule has 0 aliphatic heterocycles. The van der Waals surface area contributed by atoms with Gasteiger partial charge < -0.3 is 15.2 Å². The van der Waals surface area contributed by atoms with Gasteiger partial charge in [-0.1, -0.05) is 19.3 Å². The van der Waals surface area contributed by atoms with Gasteiger partial charge in [0.1, 0.15) is 0 Å². The Kier molecular flexibility index (Phi) is 6.32. The van der Waals surface area contributed by atoms with Crippen LogP contribution in [0.25, 0.3) is 0 Å². The minimum absolute atomic E-state index is 0.143. The van der Waals surface area contributed by atoms with Crippen molar-refractivity contribution in [3.63, 3.8) is 0 Å². The van der Waals surface area contributed by atoms with Crippen molar-refractivity contribution in [1.82, 2.24) is 5.32 Å². The molecular formula is C13H27NO2. The van der Waals surface area contributed by atoms with E-state index in [9.17, 15) is 5.11 Å². The first-order valence-electron chi connectivity index (χ1n) is 6.65. The second-order valence-electron chi connectivity index (χ2n) is 5.12. The third kappa shape index (κ3) is 4.40. The number of nitrogens with one attached hydrogen (secondary N) is 1. The highest BCUT2D eigenvalue weighted by molar-refractivity contribution is 4.84. The van der Waals surface area contributed by atoms with E-state index >= 15 is 0 Å². The predicted octanol–water partition coefficient (Wildman–Crippen LogP) is 1.94. The Morgan fingerprint density at radius 1 is 1.31 bits per heavy atom. The van der Waals surface area contributed by atoms with Crippen LogP contribution in [0.1, 0.15) is 46.0 Å². The summed E-state index contributed by atoms with van der Waals surface area (Å²) in [5.74, 6) is 0. The lowest BCUT2D eigenvalue weighted by atomic mass is 9.74. The molecular weight excluding hydrogens is 202 g/mol. The summed E-state index contributed by atoms with van der Waals surface area (Å²) in [7, 11) is 0. The van der Waals surface area contributed by atoms with Gasteiger partial charge in [-0.15, -0.1) is 0 Å². The van der Waals surface area contributed by atoms with Crippen LogP contribution in [0, 0.1) is 5.41 Å². The van der Waals surface area contributed by atoms with Crippen LogP contribution < -0.4 is 5.32 Å². The van der Waals surface area contributed by atoms with Crippen LogP contribution in [0.3, 0.4) is 0 Å². The summed E-state index contributed by atoms with van der Waals surface area (Å²) < 4.78 is 5.47. The first-order valence-corrected chi connectivity index (χ1v) is 6.65. The van der Waals surface area contributed by atoms with Gasteiger partial charge in [-0.05, 0) is 26.7 Å². The monoisotopic (exact) mass is 229 g/mol. The van der Waals surface area contributed by atoms with Crippen LogP contribution >= 0.6 is 0 Å². The number of rotatable bonds is 7. The lowest BCUT2D eigenvalue weighted by molar-refractivity contribution is 0.0575. The zero-order valence-electron chi connectivity index (χ0n) is 10.8. The van der Waals surface area contributed by atoms with E-state index in [1.807, 2.05) is 6.92 Å². The number of aliphatic hydroxyl groups excluding tert-OH is 1. The summed E-state index contributed by atoms with van der Waals surface area (Å²) in [4.78, 5) is 0. The molecule has 1 unspecified atom stereocenters. The third-order valence-electron chi connectivity index (χ3n) is 3.63. The molecule has 16 heavy (non-hydrogen) atoms. The number of aliphatic hydroxyl groups is 1. The maximum Gasteiger partial charge on any atom is 0.0671 e. The van der Waals surface area contributed by atoms with Gasteiger partial charge in [0.15, 0.2) is 0 Å². The molecule has 1 saturated carbocycles. The lowest BCUT2D eigenvalue weighted by Crippen LogP contribution is -2.41. The van der Waals surface area contributed by atoms with Gasteiger partial charge in [0.2, 0.25) is 0 Å². The van der Waals surface area contributed by atoms with Crippen LogP contribution in [0.2, 0.25) is 0 Å². The van der Waals surface area contributed by atoms with Gasteiger partial charge in [0.05, 0.1) is 6.10 Å². The number of hydrogen-bond donors (Lipinski definition) is 2. The van der Waals surface area contributed by atoms with Crippen LogP contribution in [0.5, 0.6) is 0 Å². The second kappa shape index (κ2) is 7.25. The van der Waals surface area contributed by atoms with E-state index in [0.717, 1.165) is 19.7 Å². The molecule has 0 spiro atoms. The Morgan fingerprint density at radius 3 is 2.56 bits per heavy atom. The van der Waals surface area contributed by atoms with Gasteiger partial charge in [-0.2, -0.15) is 0 Å². The van der Waals surface area contributed by atoms with Gasteiger partial charge in [0, 0.05) is 31.7 Å². The summed E-state index contributed by atoms with van der Waals surface area (Å²) in [5.41, 5.74) is 0.143. The predicted molar refractivity (Wildman–Crippen MR) is 66.6 cm³/mol. The van der Waals surface area contributed by atoms with Crippen molar-refractivity contribution < 1.29 is 9.84 Å². The van der Waals surface area contributed by atoms with E-state index in [1.54, 1.807) is 0 Å². The molecule has 0 amide bonds. The minimum Gasteiger partial charge on any atom is -0.396 e. The molecule has 0 bridgehead atoms. The van der Waals surface area contributed by atoms with Gasteiger partial charge in [0.25, 0.3) is 0 Å². The highest BCUT2D eigenvalue weighted by atomic mass is 16.5. The maximum absolute atomic E-state index is 9.54. The van der Waals surface area contributed by atoms with Crippen molar-refractivity contribution in [3.05, 3.63) is 0 Å². The molecule has 0 aromatic rings. The zero-order valence-corrected chi connectivity index (χ0v) is 10.8. The number of ether oxygens (including phenoxy) is 1. The summed E-state index contributed by atoms with van der Waals surface area (Å²) in [6, 6.07) is 0. The summed E-state index contributed by atoms with van der Waals surface area (Å²) in [6.07, 6.45) is 6.46. The van der Waals surface area contributed by atoms with E-state index < -0.39 is 0 Å². The smallest absolute Gasteiger partial charge is 0.0671 e. The second-order valence-corrected chi connectivity index (χ2v) is 5.12. The molecule has 1 atom stereocenters. The molecule has 1 aliphatic carbocycles. The Labute approximate surface area is 99.6 Å². The van der Waals surface area contributed by atoms with Crippen LogP contribution in [0.4, 0.5) is 0 Å².